The number of azo groups is 2. The Bertz CT molecular complexity index is 825. The van der Waals surface area contributed by atoms with Crippen LogP contribution in [-0.2, 0) is 0 Å². The number of rotatable bonds is 4. The van der Waals surface area contributed by atoms with Crippen molar-refractivity contribution in [3.05, 3.63) is 84.4 Å². The van der Waals surface area contributed by atoms with Crippen molar-refractivity contribution in [1.29, 1.82) is 0 Å². The molecule has 23 heavy (non-hydrogen) atoms. The Balaban J connectivity index is 1.76. The SMILES string of the molecule is Cc1cc(N=Nc2ccccc2)ccc1N=Nc1ccccc1. The van der Waals surface area contributed by atoms with Crippen molar-refractivity contribution < 1.29 is 0 Å². The van der Waals surface area contributed by atoms with Crippen molar-refractivity contribution >= 4 is 22.7 Å². The molecule has 0 amide bonds. The molecule has 112 valence electrons. The first-order chi connectivity index (χ1) is 11.3. The van der Waals surface area contributed by atoms with Gasteiger partial charge in [0.15, 0.2) is 0 Å². The van der Waals surface area contributed by atoms with Crippen molar-refractivity contribution in [3.63, 3.8) is 0 Å². The molecule has 0 atom stereocenters. The number of aryl methyl sites for hydroxylation is 1. The second kappa shape index (κ2) is 7.22. The predicted octanol–water partition coefficient (Wildman–Crippen LogP) is 6.83. The lowest BCUT2D eigenvalue weighted by atomic mass is 10.2. The summed E-state index contributed by atoms with van der Waals surface area (Å²) in [5.41, 5.74) is 4.30. The molecule has 0 spiro atoms. The first kappa shape index (κ1) is 14.8. The van der Waals surface area contributed by atoms with E-state index in [0.717, 1.165) is 28.3 Å². The Kier molecular flexibility index (Phi) is 4.64. The minimum atomic E-state index is 0.796. The zero-order valence-corrected chi connectivity index (χ0v) is 12.8. The quantitative estimate of drug-likeness (QED) is 0.474. The Hall–Kier alpha value is -3.14. The lowest BCUT2D eigenvalue weighted by Crippen LogP contribution is -1.73. The van der Waals surface area contributed by atoms with Crippen molar-refractivity contribution in [1.82, 2.24) is 0 Å². The number of nitrogens with zero attached hydrogens (tertiary/aromatic N) is 4. The molecule has 0 aliphatic heterocycles. The van der Waals surface area contributed by atoms with E-state index in [4.69, 9.17) is 0 Å². The van der Waals surface area contributed by atoms with Crippen LogP contribution in [0, 0.1) is 6.92 Å². The third kappa shape index (κ3) is 4.17. The summed E-state index contributed by atoms with van der Waals surface area (Å²) in [4.78, 5) is 0. The van der Waals surface area contributed by atoms with E-state index in [9.17, 15) is 0 Å². The van der Waals surface area contributed by atoms with Gasteiger partial charge in [-0.2, -0.15) is 20.5 Å². The van der Waals surface area contributed by atoms with E-state index in [2.05, 4.69) is 20.5 Å². The molecule has 0 bridgehead atoms. The average molecular weight is 300 g/mol. The summed E-state index contributed by atoms with van der Waals surface area (Å²) in [5, 5.41) is 17.0. The molecule has 0 fully saturated rings. The Morgan fingerprint density at radius 2 is 1.04 bits per heavy atom. The van der Waals surface area contributed by atoms with Crippen LogP contribution < -0.4 is 0 Å². The third-order valence-electron chi connectivity index (χ3n) is 3.25. The monoisotopic (exact) mass is 300 g/mol. The minimum Gasteiger partial charge on any atom is -0.151 e. The van der Waals surface area contributed by atoms with Crippen LogP contribution in [0.4, 0.5) is 22.7 Å². The molecule has 0 heterocycles. The molecule has 3 aromatic carbocycles. The highest BCUT2D eigenvalue weighted by molar-refractivity contribution is 5.54. The molecule has 4 nitrogen and oxygen atoms in total. The van der Waals surface area contributed by atoms with Gasteiger partial charge in [0.05, 0.1) is 22.7 Å². The van der Waals surface area contributed by atoms with Crippen LogP contribution in [0.5, 0.6) is 0 Å². The molecular weight excluding hydrogens is 284 g/mol. The molecule has 4 heteroatoms. The standard InChI is InChI=1S/C19H16N4/c1-15-14-18(22-20-16-8-4-2-5-9-16)12-13-19(15)23-21-17-10-6-3-7-11-17/h2-14H,1H3. The fraction of sp³-hybridized carbons (Fsp3) is 0.0526. The maximum absolute atomic E-state index is 4.29. The average Bonchev–Trinajstić information content (AvgIpc) is 2.61. The molecule has 0 unspecified atom stereocenters. The highest BCUT2D eigenvalue weighted by Crippen LogP contribution is 2.27. The summed E-state index contributed by atoms with van der Waals surface area (Å²) in [7, 11) is 0. The summed E-state index contributed by atoms with van der Waals surface area (Å²) >= 11 is 0. The molecule has 0 aromatic heterocycles. The minimum absolute atomic E-state index is 0.796. The first-order valence-corrected chi connectivity index (χ1v) is 7.35. The van der Waals surface area contributed by atoms with E-state index in [1.165, 1.54) is 0 Å². The van der Waals surface area contributed by atoms with Crippen LogP contribution in [0.25, 0.3) is 0 Å². The van der Waals surface area contributed by atoms with Crippen molar-refractivity contribution in [2.75, 3.05) is 0 Å². The summed E-state index contributed by atoms with van der Waals surface area (Å²) < 4.78 is 0. The smallest absolute Gasteiger partial charge is 0.0887 e. The zero-order valence-electron chi connectivity index (χ0n) is 12.8. The van der Waals surface area contributed by atoms with Gasteiger partial charge in [-0.3, -0.25) is 0 Å². The van der Waals surface area contributed by atoms with Gasteiger partial charge in [0.1, 0.15) is 0 Å². The Morgan fingerprint density at radius 3 is 1.61 bits per heavy atom. The van der Waals surface area contributed by atoms with E-state index >= 15 is 0 Å². The Labute approximate surface area is 135 Å². The van der Waals surface area contributed by atoms with Crippen LogP contribution in [0.3, 0.4) is 0 Å². The largest absolute Gasteiger partial charge is 0.151 e. The zero-order chi connectivity index (χ0) is 15.9. The molecule has 0 saturated carbocycles. The topological polar surface area (TPSA) is 49.4 Å². The van der Waals surface area contributed by atoms with E-state index < -0.39 is 0 Å². The van der Waals surface area contributed by atoms with Gasteiger partial charge < -0.3 is 0 Å². The van der Waals surface area contributed by atoms with Gasteiger partial charge in [-0.1, -0.05) is 36.4 Å². The van der Waals surface area contributed by atoms with E-state index in [1.54, 1.807) is 0 Å². The second-order valence-corrected chi connectivity index (χ2v) is 5.04. The molecule has 0 aliphatic carbocycles. The molecule has 3 aromatic rings. The van der Waals surface area contributed by atoms with Crippen LogP contribution in [0.2, 0.25) is 0 Å². The molecule has 0 N–H and O–H groups in total. The second-order valence-electron chi connectivity index (χ2n) is 5.04. The summed E-state index contributed by atoms with van der Waals surface area (Å²) in [6.07, 6.45) is 0. The van der Waals surface area contributed by atoms with Gasteiger partial charge >= 0.3 is 0 Å². The van der Waals surface area contributed by atoms with Gasteiger partial charge in [0.25, 0.3) is 0 Å². The van der Waals surface area contributed by atoms with Crippen molar-refractivity contribution in [2.45, 2.75) is 6.92 Å². The van der Waals surface area contributed by atoms with Crippen LogP contribution in [0.1, 0.15) is 5.56 Å². The molecule has 0 radical (unpaired) electrons. The number of hydrogen-bond donors (Lipinski definition) is 0. The van der Waals surface area contributed by atoms with Gasteiger partial charge in [0, 0.05) is 0 Å². The molecule has 0 aliphatic rings. The summed E-state index contributed by atoms with van der Waals surface area (Å²) in [5.74, 6) is 0. The van der Waals surface area contributed by atoms with Gasteiger partial charge in [0.2, 0.25) is 0 Å². The van der Waals surface area contributed by atoms with Gasteiger partial charge in [-0.25, -0.2) is 0 Å². The highest BCUT2D eigenvalue weighted by atomic mass is 15.1. The number of hydrogen-bond acceptors (Lipinski definition) is 4. The summed E-state index contributed by atoms with van der Waals surface area (Å²) in [6, 6.07) is 25.1. The van der Waals surface area contributed by atoms with Crippen LogP contribution in [0.15, 0.2) is 99.3 Å². The number of benzene rings is 3. The van der Waals surface area contributed by atoms with Crippen LogP contribution in [-0.4, -0.2) is 0 Å². The maximum Gasteiger partial charge on any atom is 0.0887 e. The fourth-order valence-corrected chi connectivity index (χ4v) is 2.03. The lowest BCUT2D eigenvalue weighted by molar-refractivity contribution is 1.19. The summed E-state index contributed by atoms with van der Waals surface area (Å²) in [6.45, 7) is 1.99. The predicted molar refractivity (Wildman–Crippen MR) is 92.4 cm³/mol. The first-order valence-electron chi connectivity index (χ1n) is 7.35. The van der Waals surface area contributed by atoms with Crippen molar-refractivity contribution in [3.8, 4) is 0 Å². The molecule has 3 rings (SSSR count). The van der Waals surface area contributed by atoms with Crippen molar-refractivity contribution in [2.24, 2.45) is 20.5 Å². The fourth-order valence-electron chi connectivity index (χ4n) is 2.03. The van der Waals surface area contributed by atoms with E-state index in [1.807, 2.05) is 85.8 Å². The Morgan fingerprint density at radius 1 is 0.522 bits per heavy atom. The lowest BCUT2D eigenvalue weighted by Gasteiger charge is -2.00. The van der Waals surface area contributed by atoms with Gasteiger partial charge in [-0.15, -0.1) is 0 Å². The van der Waals surface area contributed by atoms with E-state index in [-0.39, 0.29) is 0 Å². The van der Waals surface area contributed by atoms with Gasteiger partial charge in [-0.05, 0) is 55.0 Å². The van der Waals surface area contributed by atoms with Crippen LogP contribution >= 0.6 is 0 Å². The van der Waals surface area contributed by atoms with E-state index in [0.29, 0.717) is 0 Å². The normalized spacial score (nSPS) is 11.3. The molecular formula is C19H16N4. The maximum atomic E-state index is 4.29. The molecule has 0 saturated heterocycles. The highest BCUT2D eigenvalue weighted by Gasteiger charge is 1.99. The third-order valence-corrected chi connectivity index (χ3v) is 3.25.